The molecule has 3 N–H and O–H groups in total. The van der Waals surface area contributed by atoms with Crippen LogP contribution in [0, 0.1) is 5.92 Å². The molecule has 0 radical (unpaired) electrons. The number of carbonyl (C=O) groups excluding carboxylic acids is 1. The third-order valence-corrected chi connectivity index (χ3v) is 4.13. The van der Waals surface area contributed by atoms with Gasteiger partial charge in [0.05, 0.1) is 12.1 Å². The molecule has 1 heterocycles. The Morgan fingerprint density at radius 3 is 2.59 bits per heavy atom. The van der Waals surface area contributed by atoms with E-state index in [0.29, 0.717) is 5.92 Å². The lowest BCUT2D eigenvalue weighted by Gasteiger charge is -2.34. The maximum Gasteiger partial charge on any atom is 0.239 e. The molecule has 0 aliphatic carbocycles. The Balaban J connectivity index is 2.35. The molecule has 1 aliphatic rings. The average molecular weight is 260 g/mol. The van der Waals surface area contributed by atoms with Crippen LogP contribution >= 0.6 is 11.8 Å². The first-order chi connectivity index (χ1) is 8.06. The van der Waals surface area contributed by atoms with E-state index >= 15 is 0 Å². The predicted molar refractivity (Wildman–Crippen MR) is 72.0 cm³/mol. The zero-order valence-electron chi connectivity index (χ0n) is 10.8. The quantitative estimate of drug-likeness (QED) is 0.763. The number of hydrogen-bond acceptors (Lipinski definition) is 4. The Hall–Kier alpha value is -0.260. The fourth-order valence-corrected chi connectivity index (χ4v) is 2.69. The summed E-state index contributed by atoms with van der Waals surface area (Å²) >= 11 is 1.71. The van der Waals surface area contributed by atoms with E-state index in [1.807, 2.05) is 18.1 Å². The molecule has 4 nitrogen and oxygen atoms in total. The summed E-state index contributed by atoms with van der Waals surface area (Å²) in [4.78, 5) is 13.9. The summed E-state index contributed by atoms with van der Waals surface area (Å²) in [5.74, 6) is 1.33. The van der Waals surface area contributed by atoms with E-state index in [4.69, 9.17) is 5.73 Å². The van der Waals surface area contributed by atoms with Crippen molar-refractivity contribution in [3.8, 4) is 0 Å². The van der Waals surface area contributed by atoms with E-state index in [1.54, 1.807) is 11.8 Å². The highest BCUT2D eigenvalue weighted by atomic mass is 32.2. The van der Waals surface area contributed by atoms with Crippen LogP contribution < -0.4 is 5.73 Å². The van der Waals surface area contributed by atoms with Gasteiger partial charge in [0.15, 0.2) is 0 Å². The molecular weight excluding hydrogens is 236 g/mol. The van der Waals surface area contributed by atoms with E-state index in [0.717, 1.165) is 38.1 Å². The summed E-state index contributed by atoms with van der Waals surface area (Å²) in [5.41, 5.74) is 5.87. The number of nitrogens with zero attached hydrogens (tertiary/aromatic N) is 1. The number of carbonyl (C=O) groups is 1. The molecule has 0 saturated carbocycles. The number of piperidine rings is 1. The van der Waals surface area contributed by atoms with E-state index in [2.05, 4.69) is 0 Å². The first-order valence-corrected chi connectivity index (χ1v) is 7.67. The minimum atomic E-state index is -0.356. The highest BCUT2D eigenvalue weighted by molar-refractivity contribution is 7.98. The molecule has 1 rings (SSSR count). The minimum Gasteiger partial charge on any atom is -0.393 e. The largest absolute Gasteiger partial charge is 0.393 e. The summed E-state index contributed by atoms with van der Waals surface area (Å²) < 4.78 is 0. The van der Waals surface area contributed by atoms with Gasteiger partial charge in [0, 0.05) is 13.1 Å². The highest BCUT2D eigenvalue weighted by Gasteiger charge is 2.27. The maximum atomic E-state index is 12.0. The second-order valence-electron chi connectivity index (χ2n) is 4.79. The van der Waals surface area contributed by atoms with Crippen LogP contribution in [0.2, 0.25) is 0 Å². The van der Waals surface area contributed by atoms with E-state index in [-0.39, 0.29) is 18.1 Å². The van der Waals surface area contributed by atoms with Gasteiger partial charge in [0.1, 0.15) is 0 Å². The van der Waals surface area contributed by atoms with Crippen molar-refractivity contribution in [3.05, 3.63) is 0 Å². The Bertz CT molecular complexity index is 241. The van der Waals surface area contributed by atoms with Crippen molar-refractivity contribution in [3.63, 3.8) is 0 Å². The molecule has 0 bridgehead atoms. The lowest BCUT2D eigenvalue weighted by molar-refractivity contribution is -0.134. The van der Waals surface area contributed by atoms with Gasteiger partial charge in [-0.25, -0.2) is 0 Å². The number of aliphatic hydroxyl groups excluding tert-OH is 1. The molecule has 17 heavy (non-hydrogen) atoms. The molecule has 0 aromatic carbocycles. The zero-order valence-corrected chi connectivity index (χ0v) is 11.6. The molecule has 1 fully saturated rings. The van der Waals surface area contributed by atoms with Gasteiger partial charge in [-0.05, 0) is 44.1 Å². The van der Waals surface area contributed by atoms with Crippen LogP contribution in [0.4, 0.5) is 0 Å². The first kappa shape index (κ1) is 14.8. The van der Waals surface area contributed by atoms with Gasteiger partial charge in [0.25, 0.3) is 0 Å². The lowest BCUT2D eigenvalue weighted by Crippen LogP contribution is -2.48. The molecule has 100 valence electrons. The lowest BCUT2D eigenvalue weighted by atomic mass is 9.92. The van der Waals surface area contributed by atoms with Crippen LogP contribution in [-0.4, -0.2) is 53.2 Å². The Morgan fingerprint density at radius 2 is 2.12 bits per heavy atom. The third-order valence-electron chi connectivity index (χ3n) is 3.48. The van der Waals surface area contributed by atoms with Crippen molar-refractivity contribution in [2.24, 2.45) is 11.7 Å². The second-order valence-corrected chi connectivity index (χ2v) is 5.78. The van der Waals surface area contributed by atoms with Crippen molar-refractivity contribution in [1.29, 1.82) is 0 Å². The van der Waals surface area contributed by atoms with Gasteiger partial charge in [0.2, 0.25) is 5.91 Å². The second kappa shape index (κ2) is 7.24. The molecule has 0 aromatic heterocycles. The smallest absolute Gasteiger partial charge is 0.239 e. The number of nitrogens with two attached hydrogens (primary N) is 1. The van der Waals surface area contributed by atoms with Gasteiger partial charge >= 0.3 is 0 Å². The molecular formula is C12H24N2O2S. The standard InChI is InChI=1S/C12H24N2O2S/c1-9(15)10-3-6-14(7-4-10)12(16)11(13)5-8-17-2/h9-11,15H,3-8,13H2,1-2H3/t9?,11-/m1/s1. The summed E-state index contributed by atoms with van der Waals surface area (Å²) in [5, 5.41) is 9.50. The first-order valence-electron chi connectivity index (χ1n) is 6.27. The van der Waals surface area contributed by atoms with Gasteiger partial charge in [-0.15, -0.1) is 0 Å². The SMILES string of the molecule is CSCC[C@@H](N)C(=O)N1CCC(C(C)O)CC1. The number of thioether (sulfide) groups is 1. The number of aliphatic hydroxyl groups is 1. The van der Waals surface area contributed by atoms with Crippen molar-refractivity contribution >= 4 is 17.7 Å². The van der Waals surface area contributed by atoms with Crippen molar-refractivity contribution in [2.75, 3.05) is 25.1 Å². The molecule has 1 unspecified atom stereocenters. The van der Waals surface area contributed by atoms with Gasteiger partial charge in [-0.2, -0.15) is 11.8 Å². The number of likely N-dealkylation sites (tertiary alicyclic amines) is 1. The average Bonchev–Trinajstić information content (AvgIpc) is 2.35. The number of hydrogen-bond donors (Lipinski definition) is 2. The Kier molecular flexibility index (Phi) is 6.30. The number of amides is 1. The van der Waals surface area contributed by atoms with Crippen LogP contribution in [0.1, 0.15) is 26.2 Å². The summed E-state index contributed by atoms with van der Waals surface area (Å²) in [6, 6.07) is -0.356. The van der Waals surface area contributed by atoms with Crippen molar-refractivity contribution < 1.29 is 9.90 Å². The summed E-state index contributed by atoms with van der Waals surface area (Å²) in [6.45, 7) is 3.30. The van der Waals surface area contributed by atoms with Crippen molar-refractivity contribution in [1.82, 2.24) is 4.90 Å². The molecule has 0 aromatic rings. The van der Waals surface area contributed by atoms with Crippen LogP contribution in [0.15, 0.2) is 0 Å². The van der Waals surface area contributed by atoms with Gasteiger partial charge in [-0.1, -0.05) is 0 Å². The van der Waals surface area contributed by atoms with Crippen molar-refractivity contribution in [2.45, 2.75) is 38.3 Å². The van der Waals surface area contributed by atoms with Gasteiger partial charge < -0.3 is 15.7 Å². The molecule has 0 spiro atoms. The predicted octanol–water partition coefficient (Wildman–Crippen LogP) is 0.686. The fourth-order valence-electron chi connectivity index (χ4n) is 2.21. The fraction of sp³-hybridized carbons (Fsp3) is 0.917. The van der Waals surface area contributed by atoms with Gasteiger partial charge in [-0.3, -0.25) is 4.79 Å². The topological polar surface area (TPSA) is 66.6 Å². The zero-order chi connectivity index (χ0) is 12.8. The van der Waals surface area contributed by atoms with Crippen LogP contribution in [0.5, 0.6) is 0 Å². The monoisotopic (exact) mass is 260 g/mol. The molecule has 1 aliphatic heterocycles. The summed E-state index contributed by atoms with van der Waals surface area (Å²) in [6.07, 6.45) is 4.27. The van der Waals surface area contributed by atoms with Crippen LogP contribution in [0.25, 0.3) is 0 Å². The number of rotatable bonds is 5. The minimum absolute atomic E-state index is 0.0723. The van der Waals surface area contributed by atoms with E-state index in [1.165, 1.54) is 0 Å². The molecule has 1 amide bonds. The van der Waals surface area contributed by atoms with Crippen LogP contribution in [-0.2, 0) is 4.79 Å². The normalized spacial score (nSPS) is 21.3. The maximum absolute atomic E-state index is 12.0. The summed E-state index contributed by atoms with van der Waals surface area (Å²) in [7, 11) is 0. The Labute approximate surface area is 108 Å². The molecule has 5 heteroatoms. The Morgan fingerprint density at radius 1 is 1.53 bits per heavy atom. The van der Waals surface area contributed by atoms with Crippen LogP contribution in [0.3, 0.4) is 0 Å². The van der Waals surface area contributed by atoms with E-state index < -0.39 is 0 Å². The molecule has 2 atom stereocenters. The molecule has 1 saturated heterocycles. The highest BCUT2D eigenvalue weighted by Crippen LogP contribution is 2.21. The van der Waals surface area contributed by atoms with E-state index in [9.17, 15) is 9.90 Å². The third kappa shape index (κ3) is 4.48.